The number of carbonyl (C=O) groups is 1. The van der Waals surface area contributed by atoms with Gasteiger partial charge in [-0.05, 0) is 63.9 Å². The zero-order valence-corrected chi connectivity index (χ0v) is 21.4. The third-order valence-corrected chi connectivity index (χ3v) is 8.31. The van der Waals surface area contributed by atoms with Crippen LogP contribution in [-0.2, 0) is 6.54 Å². The van der Waals surface area contributed by atoms with E-state index in [1.165, 1.54) is 63.4 Å². The number of rotatable bonds is 8. The van der Waals surface area contributed by atoms with Gasteiger partial charge in [-0.3, -0.25) is 14.8 Å². The molecule has 3 aromatic rings. The van der Waals surface area contributed by atoms with Gasteiger partial charge in [-0.25, -0.2) is 4.98 Å². The van der Waals surface area contributed by atoms with Crippen LogP contribution < -0.4 is 5.32 Å². The Morgan fingerprint density at radius 1 is 1.14 bits per heavy atom. The van der Waals surface area contributed by atoms with Crippen LogP contribution >= 0.6 is 11.3 Å². The number of allylic oxidation sites excluding steroid dienone is 1. The number of aromatic nitrogens is 4. The predicted octanol–water partition coefficient (Wildman–Crippen LogP) is 6.58. The second-order valence-corrected chi connectivity index (χ2v) is 10.7. The summed E-state index contributed by atoms with van der Waals surface area (Å²) < 4.78 is 2.34. The summed E-state index contributed by atoms with van der Waals surface area (Å²) in [5.41, 5.74) is 6.00. The molecule has 184 valence electrons. The number of carbonyl (C=O) groups excluding carboxylic acids is 1. The molecule has 0 unspecified atom stereocenters. The van der Waals surface area contributed by atoms with Gasteiger partial charge < -0.3 is 9.88 Å². The Labute approximate surface area is 211 Å². The highest BCUT2D eigenvalue weighted by atomic mass is 32.1. The highest BCUT2D eigenvalue weighted by Gasteiger charge is 2.23. The minimum atomic E-state index is 0.0203. The van der Waals surface area contributed by atoms with Crippen molar-refractivity contribution in [2.24, 2.45) is 5.92 Å². The summed E-state index contributed by atoms with van der Waals surface area (Å²) in [5.74, 6) is 0.674. The second kappa shape index (κ2) is 11.3. The van der Waals surface area contributed by atoms with E-state index in [0.29, 0.717) is 12.5 Å². The maximum Gasteiger partial charge on any atom is 0.253 e. The lowest BCUT2D eigenvalue weighted by molar-refractivity contribution is 0.0953. The molecule has 3 heterocycles. The summed E-state index contributed by atoms with van der Waals surface area (Å²) in [5, 5.41) is 6.11. The van der Waals surface area contributed by atoms with Gasteiger partial charge >= 0.3 is 0 Å². The van der Waals surface area contributed by atoms with Gasteiger partial charge in [0.05, 0.1) is 23.1 Å². The molecule has 0 aliphatic heterocycles. The Morgan fingerprint density at radius 3 is 2.80 bits per heavy atom. The molecule has 7 heteroatoms. The molecular weight excluding hydrogens is 454 g/mol. The molecule has 0 aromatic carbocycles. The molecule has 1 saturated carbocycles. The Balaban J connectivity index is 1.39. The van der Waals surface area contributed by atoms with Crippen molar-refractivity contribution in [3.05, 3.63) is 52.9 Å². The SMILES string of the molecule is Cc1c(C(=O)NCCC2=CCCCC2)cc(-c2csc(-c3cnccn3)n2)n1CC1CCCCC1. The largest absolute Gasteiger partial charge is 0.352 e. The van der Waals surface area contributed by atoms with Crippen LogP contribution in [0.1, 0.15) is 80.3 Å². The van der Waals surface area contributed by atoms with Crippen LogP contribution in [0.3, 0.4) is 0 Å². The van der Waals surface area contributed by atoms with Crippen LogP contribution in [-0.4, -0.2) is 32.0 Å². The molecule has 1 N–H and O–H groups in total. The highest BCUT2D eigenvalue weighted by Crippen LogP contribution is 2.33. The van der Waals surface area contributed by atoms with E-state index in [4.69, 9.17) is 4.98 Å². The van der Waals surface area contributed by atoms with Gasteiger partial charge in [-0.2, -0.15) is 0 Å². The van der Waals surface area contributed by atoms with Crippen molar-refractivity contribution in [1.29, 1.82) is 0 Å². The first-order chi connectivity index (χ1) is 17.2. The number of hydrogen-bond donors (Lipinski definition) is 1. The second-order valence-electron chi connectivity index (χ2n) is 9.89. The Morgan fingerprint density at radius 2 is 2.03 bits per heavy atom. The fourth-order valence-electron chi connectivity index (χ4n) is 5.43. The van der Waals surface area contributed by atoms with Crippen molar-refractivity contribution in [1.82, 2.24) is 24.8 Å². The molecule has 1 amide bonds. The topological polar surface area (TPSA) is 72.7 Å². The fraction of sp³-hybridized carbons (Fsp3) is 0.500. The van der Waals surface area contributed by atoms with Gasteiger partial charge in [0.2, 0.25) is 0 Å². The average molecular weight is 490 g/mol. The maximum absolute atomic E-state index is 13.2. The van der Waals surface area contributed by atoms with Crippen molar-refractivity contribution in [3.8, 4) is 22.1 Å². The Hall–Kier alpha value is -2.80. The molecular formula is C28H35N5OS. The van der Waals surface area contributed by atoms with Crippen LogP contribution in [0, 0.1) is 12.8 Å². The summed E-state index contributed by atoms with van der Waals surface area (Å²) in [4.78, 5) is 26.7. The van der Waals surface area contributed by atoms with Crippen LogP contribution in [0.4, 0.5) is 0 Å². The molecule has 0 spiro atoms. The molecule has 2 aliphatic carbocycles. The van der Waals surface area contributed by atoms with Crippen LogP contribution in [0.5, 0.6) is 0 Å². The third-order valence-electron chi connectivity index (χ3n) is 7.44. The van der Waals surface area contributed by atoms with E-state index >= 15 is 0 Å². The quantitative estimate of drug-likeness (QED) is 0.363. The number of hydrogen-bond acceptors (Lipinski definition) is 5. The van der Waals surface area contributed by atoms with E-state index in [1.807, 2.05) is 6.07 Å². The van der Waals surface area contributed by atoms with E-state index in [9.17, 15) is 4.79 Å². The molecule has 0 bridgehead atoms. The summed E-state index contributed by atoms with van der Waals surface area (Å²) in [6.07, 6.45) is 19.8. The third kappa shape index (κ3) is 5.72. The number of amides is 1. The monoisotopic (exact) mass is 489 g/mol. The molecule has 0 atom stereocenters. The molecule has 1 fully saturated rings. The van der Waals surface area contributed by atoms with E-state index < -0.39 is 0 Å². The molecule has 3 aromatic heterocycles. The summed E-state index contributed by atoms with van der Waals surface area (Å²) >= 11 is 1.57. The predicted molar refractivity (Wildman–Crippen MR) is 141 cm³/mol. The lowest BCUT2D eigenvalue weighted by atomic mass is 9.89. The van der Waals surface area contributed by atoms with Gasteiger partial charge in [-0.15, -0.1) is 11.3 Å². The number of thiazole rings is 1. The normalized spacial score (nSPS) is 16.8. The van der Waals surface area contributed by atoms with Gasteiger partial charge in [0.1, 0.15) is 10.7 Å². The molecule has 0 saturated heterocycles. The number of nitrogens with one attached hydrogen (secondary N) is 1. The lowest BCUT2D eigenvalue weighted by Gasteiger charge is -2.24. The van der Waals surface area contributed by atoms with Crippen molar-refractivity contribution < 1.29 is 4.79 Å². The molecule has 5 rings (SSSR count). The highest BCUT2D eigenvalue weighted by molar-refractivity contribution is 7.13. The van der Waals surface area contributed by atoms with E-state index in [0.717, 1.165) is 46.3 Å². The van der Waals surface area contributed by atoms with Gasteiger partial charge in [-0.1, -0.05) is 30.9 Å². The number of nitrogens with zero attached hydrogens (tertiary/aromatic N) is 4. The molecule has 6 nitrogen and oxygen atoms in total. The zero-order chi connectivity index (χ0) is 24.0. The van der Waals surface area contributed by atoms with Crippen LogP contribution in [0.25, 0.3) is 22.1 Å². The molecule has 0 radical (unpaired) electrons. The average Bonchev–Trinajstić information content (AvgIpc) is 3.51. The first kappa shape index (κ1) is 23.9. The van der Waals surface area contributed by atoms with Gasteiger partial charge in [0.25, 0.3) is 5.91 Å². The molecule has 2 aliphatic rings. The lowest BCUT2D eigenvalue weighted by Crippen LogP contribution is -2.25. The van der Waals surface area contributed by atoms with Crippen molar-refractivity contribution in [2.45, 2.75) is 77.7 Å². The van der Waals surface area contributed by atoms with E-state index in [-0.39, 0.29) is 5.91 Å². The standard InChI is InChI=1S/C28H35N5OS/c1-20-23(27(34)31-13-12-21-8-4-2-5-9-21)16-26(33(20)18-22-10-6-3-7-11-22)25-19-35-28(32-25)24-17-29-14-15-30-24/h8,14-17,19,22H,2-7,9-13,18H2,1H3,(H,31,34). The summed E-state index contributed by atoms with van der Waals surface area (Å²) in [6, 6.07) is 2.04. The first-order valence-electron chi connectivity index (χ1n) is 13.1. The smallest absolute Gasteiger partial charge is 0.253 e. The van der Waals surface area contributed by atoms with Crippen molar-refractivity contribution in [3.63, 3.8) is 0 Å². The zero-order valence-electron chi connectivity index (χ0n) is 20.6. The van der Waals surface area contributed by atoms with Crippen LogP contribution in [0.2, 0.25) is 0 Å². The van der Waals surface area contributed by atoms with E-state index in [1.54, 1.807) is 29.9 Å². The minimum Gasteiger partial charge on any atom is -0.352 e. The van der Waals surface area contributed by atoms with Gasteiger partial charge in [0, 0.05) is 36.6 Å². The van der Waals surface area contributed by atoms with Crippen LogP contribution in [0.15, 0.2) is 41.7 Å². The minimum absolute atomic E-state index is 0.0203. The van der Waals surface area contributed by atoms with E-state index in [2.05, 4.69) is 38.2 Å². The maximum atomic E-state index is 13.2. The van der Waals surface area contributed by atoms with Gasteiger partial charge in [0.15, 0.2) is 0 Å². The Bertz CT molecular complexity index is 1170. The van der Waals surface area contributed by atoms with Crippen molar-refractivity contribution >= 4 is 17.2 Å². The Kier molecular flexibility index (Phi) is 7.72. The summed E-state index contributed by atoms with van der Waals surface area (Å²) in [6.45, 7) is 3.72. The molecule has 35 heavy (non-hydrogen) atoms. The first-order valence-corrected chi connectivity index (χ1v) is 14.0. The van der Waals surface area contributed by atoms with Crippen molar-refractivity contribution in [2.75, 3.05) is 6.54 Å². The fourth-order valence-corrected chi connectivity index (χ4v) is 6.21. The summed E-state index contributed by atoms with van der Waals surface area (Å²) in [7, 11) is 0.